The Balaban J connectivity index is 2.16. The number of amides is 1. The van der Waals surface area contributed by atoms with Crippen LogP contribution in [-0.2, 0) is 6.54 Å². The van der Waals surface area contributed by atoms with Crippen molar-refractivity contribution in [3.8, 4) is 6.07 Å². The molecule has 2 rings (SSSR count). The summed E-state index contributed by atoms with van der Waals surface area (Å²) in [5, 5.41) is 9.24. The summed E-state index contributed by atoms with van der Waals surface area (Å²) in [5.41, 5.74) is 1.83. The van der Waals surface area contributed by atoms with Crippen LogP contribution in [0, 0.1) is 11.3 Å². The highest BCUT2D eigenvalue weighted by Gasteiger charge is 2.15. The average Bonchev–Trinajstić information content (AvgIpc) is 2.47. The van der Waals surface area contributed by atoms with E-state index in [9.17, 15) is 4.79 Å². The van der Waals surface area contributed by atoms with Crippen LogP contribution in [0.3, 0.4) is 0 Å². The quantitative estimate of drug-likeness (QED) is 0.871. The second kappa shape index (κ2) is 6.18. The van der Waals surface area contributed by atoms with Crippen molar-refractivity contribution in [2.24, 2.45) is 0 Å². The van der Waals surface area contributed by atoms with Gasteiger partial charge in [-0.05, 0) is 23.8 Å². The highest BCUT2D eigenvalue weighted by molar-refractivity contribution is 6.33. The number of halogens is 1. The van der Waals surface area contributed by atoms with E-state index in [1.165, 1.54) is 12.4 Å². The first kappa shape index (κ1) is 14.0. The number of pyridine rings is 1. The number of carbonyl (C=O) groups excluding carboxylic acids is 1. The van der Waals surface area contributed by atoms with Crippen molar-refractivity contribution >= 4 is 17.5 Å². The summed E-state index contributed by atoms with van der Waals surface area (Å²) in [6.07, 6.45) is 2.99. The maximum absolute atomic E-state index is 12.3. The Hall–Kier alpha value is -2.38. The van der Waals surface area contributed by atoms with E-state index in [1.807, 2.05) is 6.07 Å². The number of nitriles is 1. The summed E-state index contributed by atoms with van der Waals surface area (Å²) in [6, 6.07) is 10.8. The molecule has 0 aliphatic rings. The molecule has 5 heteroatoms. The molecule has 1 amide bonds. The number of benzene rings is 1. The van der Waals surface area contributed by atoms with Crippen LogP contribution in [0.4, 0.5) is 0 Å². The lowest BCUT2D eigenvalue weighted by atomic mass is 10.1. The zero-order valence-electron chi connectivity index (χ0n) is 10.9. The molecule has 0 N–H and O–H groups in total. The third-order valence-corrected chi connectivity index (χ3v) is 3.15. The highest BCUT2D eigenvalue weighted by Crippen LogP contribution is 2.16. The number of aromatic nitrogens is 1. The minimum absolute atomic E-state index is 0.203. The van der Waals surface area contributed by atoms with Gasteiger partial charge in [0.2, 0.25) is 0 Å². The third-order valence-electron chi connectivity index (χ3n) is 2.82. The van der Waals surface area contributed by atoms with Crippen LogP contribution < -0.4 is 0 Å². The van der Waals surface area contributed by atoms with Gasteiger partial charge >= 0.3 is 0 Å². The Morgan fingerprint density at radius 3 is 2.95 bits per heavy atom. The third kappa shape index (κ3) is 3.14. The molecule has 1 aromatic carbocycles. The van der Waals surface area contributed by atoms with Crippen LogP contribution in [0.5, 0.6) is 0 Å². The molecule has 0 bridgehead atoms. The van der Waals surface area contributed by atoms with E-state index in [4.69, 9.17) is 16.9 Å². The molecule has 2 aromatic rings. The Kier molecular flexibility index (Phi) is 4.34. The summed E-state index contributed by atoms with van der Waals surface area (Å²) < 4.78 is 0. The molecule has 0 spiro atoms. The molecule has 0 saturated heterocycles. The summed E-state index contributed by atoms with van der Waals surface area (Å²) in [6.45, 7) is 0.402. The number of nitrogens with zero attached hydrogens (tertiary/aromatic N) is 3. The van der Waals surface area contributed by atoms with Gasteiger partial charge in [0.1, 0.15) is 0 Å². The average molecular weight is 286 g/mol. The molecule has 0 aliphatic heterocycles. The van der Waals surface area contributed by atoms with E-state index in [0.717, 1.165) is 5.56 Å². The van der Waals surface area contributed by atoms with E-state index in [1.54, 1.807) is 36.2 Å². The summed E-state index contributed by atoms with van der Waals surface area (Å²) >= 11 is 5.98. The maximum Gasteiger partial charge on any atom is 0.256 e. The molecular formula is C15H12ClN3O. The second-order valence-corrected chi connectivity index (χ2v) is 4.74. The number of hydrogen-bond donors (Lipinski definition) is 0. The smallest absolute Gasteiger partial charge is 0.256 e. The topological polar surface area (TPSA) is 57.0 Å². The first-order valence-corrected chi connectivity index (χ1v) is 6.33. The molecule has 0 fully saturated rings. The van der Waals surface area contributed by atoms with Gasteiger partial charge in [-0.1, -0.05) is 23.7 Å². The van der Waals surface area contributed by atoms with E-state index in [2.05, 4.69) is 11.1 Å². The lowest BCUT2D eigenvalue weighted by Crippen LogP contribution is -2.26. The van der Waals surface area contributed by atoms with Crippen LogP contribution in [0.25, 0.3) is 0 Å². The summed E-state index contributed by atoms with van der Waals surface area (Å²) in [5.74, 6) is -0.203. The monoisotopic (exact) mass is 285 g/mol. The fourth-order valence-corrected chi connectivity index (χ4v) is 2.01. The van der Waals surface area contributed by atoms with Crippen molar-refractivity contribution in [1.29, 1.82) is 5.26 Å². The molecule has 4 nitrogen and oxygen atoms in total. The van der Waals surface area contributed by atoms with Gasteiger partial charge in [0, 0.05) is 26.0 Å². The van der Waals surface area contributed by atoms with Gasteiger partial charge in [-0.25, -0.2) is 0 Å². The molecule has 0 radical (unpaired) electrons. The molecule has 0 saturated carbocycles. The van der Waals surface area contributed by atoms with Crippen LogP contribution in [0.2, 0.25) is 5.02 Å². The van der Waals surface area contributed by atoms with Crippen LogP contribution >= 0.6 is 11.6 Å². The van der Waals surface area contributed by atoms with Gasteiger partial charge in [-0.2, -0.15) is 5.26 Å². The predicted molar refractivity (Wildman–Crippen MR) is 76.2 cm³/mol. The van der Waals surface area contributed by atoms with Gasteiger partial charge in [-0.15, -0.1) is 0 Å². The van der Waals surface area contributed by atoms with Gasteiger partial charge in [0.25, 0.3) is 5.91 Å². The molecular weight excluding hydrogens is 274 g/mol. The number of carbonyl (C=O) groups is 1. The zero-order valence-corrected chi connectivity index (χ0v) is 11.6. The van der Waals surface area contributed by atoms with E-state index in [-0.39, 0.29) is 5.91 Å². The lowest BCUT2D eigenvalue weighted by Gasteiger charge is -2.17. The van der Waals surface area contributed by atoms with Crippen molar-refractivity contribution in [3.63, 3.8) is 0 Å². The molecule has 0 atom stereocenters. The maximum atomic E-state index is 12.3. The summed E-state index contributed by atoms with van der Waals surface area (Å²) in [7, 11) is 1.69. The first-order chi connectivity index (χ1) is 9.61. The minimum atomic E-state index is -0.203. The minimum Gasteiger partial charge on any atom is -0.337 e. The molecule has 20 heavy (non-hydrogen) atoms. The molecule has 1 heterocycles. The molecule has 0 unspecified atom stereocenters. The van der Waals surface area contributed by atoms with E-state index >= 15 is 0 Å². The van der Waals surface area contributed by atoms with Crippen molar-refractivity contribution < 1.29 is 4.79 Å². The molecule has 1 aromatic heterocycles. The lowest BCUT2D eigenvalue weighted by molar-refractivity contribution is 0.0785. The Labute approximate surface area is 122 Å². The summed E-state index contributed by atoms with van der Waals surface area (Å²) in [4.78, 5) is 17.7. The van der Waals surface area contributed by atoms with Gasteiger partial charge in [0.15, 0.2) is 0 Å². The first-order valence-electron chi connectivity index (χ1n) is 5.96. The Morgan fingerprint density at radius 2 is 2.25 bits per heavy atom. The second-order valence-electron chi connectivity index (χ2n) is 4.33. The molecule has 0 aliphatic carbocycles. The van der Waals surface area contributed by atoms with Crippen molar-refractivity contribution in [3.05, 3.63) is 64.4 Å². The van der Waals surface area contributed by atoms with Crippen LogP contribution in [0.15, 0.2) is 42.7 Å². The van der Waals surface area contributed by atoms with Gasteiger partial charge in [-0.3, -0.25) is 9.78 Å². The van der Waals surface area contributed by atoms with Gasteiger partial charge in [0.05, 0.1) is 22.2 Å². The Morgan fingerprint density at radius 1 is 1.45 bits per heavy atom. The fraction of sp³-hybridized carbons (Fsp3) is 0.133. The Bertz CT molecular complexity index is 679. The normalized spacial score (nSPS) is 9.85. The zero-order chi connectivity index (χ0) is 14.5. The van der Waals surface area contributed by atoms with Crippen molar-refractivity contribution in [2.45, 2.75) is 6.54 Å². The SMILES string of the molecule is CN(Cc1cccc(C#N)c1)C(=O)c1cnccc1Cl. The number of hydrogen-bond acceptors (Lipinski definition) is 3. The van der Waals surface area contributed by atoms with Gasteiger partial charge < -0.3 is 4.90 Å². The van der Waals surface area contributed by atoms with Crippen LogP contribution in [-0.4, -0.2) is 22.8 Å². The van der Waals surface area contributed by atoms with Crippen LogP contribution in [0.1, 0.15) is 21.5 Å². The van der Waals surface area contributed by atoms with E-state index < -0.39 is 0 Å². The molecule has 100 valence electrons. The largest absolute Gasteiger partial charge is 0.337 e. The van der Waals surface area contributed by atoms with Crippen molar-refractivity contribution in [1.82, 2.24) is 9.88 Å². The standard InChI is InChI=1S/C15H12ClN3O/c1-19(10-12-4-2-3-11(7-12)8-17)15(20)13-9-18-6-5-14(13)16/h2-7,9H,10H2,1H3. The highest BCUT2D eigenvalue weighted by atomic mass is 35.5. The predicted octanol–water partition coefficient (Wildman–Crippen LogP) is 2.88. The van der Waals surface area contributed by atoms with E-state index in [0.29, 0.717) is 22.7 Å². The number of rotatable bonds is 3. The fourth-order valence-electron chi connectivity index (χ4n) is 1.83. The van der Waals surface area contributed by atoms with Crippen molar-refractivity contribution in [2.75, 3.05) is 7.05 Å².